The second kappa shape index (κ2) is 24.4. The van der Waals surface area contributed by atoms with E-state index >= 15 is 0 Å². The Kier molecular flexibility index (Phi) is 19.1. The molecule has 5 amide bonds. The number of nitrogens with one attached hydrogen (secondary N) is 3. The number of esters is 1. The molecule has 2 aromatic carbocycles. The molecule has 59 heavy (non-hydrogen) atoms. The number of rotatable bonds is 18. The van der Waals surface area contributed by atoms with Crippen molar-refractivity contribution in [2.75, 3.05) is 33.4 Å². The largest absolute Gasteiger partial charge is 0.469 e. The molecule has 0 bridgehead atoms. The van der Waals surface area contributed by atoms with E-state index in [1.807, 2.05) is 74.5 Å². The highest BCUT2D eigenvalue weighted by Gasteiger charge is 2.40. The SMILES string of the molecule is CCCC(CCC)C(=O)N[C@@H](CC(=O)OC)C(=O)N1CCC[C@H]1C(=O)N[C@H](CO)CC1CCCN(/C(=N/C(=O)OCc2ccccc2)NC(=O)OCc2ccccc2)C1. The van der Waals surface area contributed by atoms with E-state index in [0.717, 1.165) is 30.4 Å². The second-order valence-corrected chi connectivity index (χ2v) is 15.0. The summed E-state index contributed by atoms with van der Waals surface area (Å²) in [5, 5.41) is 18.7. The molecule has 2 saturated heterocycles. The fourth-order valence-corrected chi connectivity index (χ4v) is 7.54. The number of amides is 5. The molecule has 1 unspecified atom stereocenters. The van der Waals surface area contributed by atoms with Crippen molar-refractivity contribution in [2.45, 2.75) is 109 Å². The van der Waals surface area contributed by atoms with Crippen LogP contribution in [0.15, 0.2) is 65.7 Å². The summed E-state index contributed by atoms with van der Waals surface area (Å²) in [6.07, 6.45) is 3.41. The number of aliphatic hydroxyl groups excluding tert-OH is 1. The van der Waals surface area contributed by atoms with Gasteiger partial charge in [-0.1, -0.05) is 87.4 Å². The Bertz CT molecular complexity index is 1700. The number of nitrogens with zero attached hydrogens (tertiary/aromatic N) is 3. The van der Waals surface area contributed by atoms with Crippen molar-refractivity contribution >= 4 is 41.8 Å². The first-order valence-corrected chi connectivity index (χ1v) is 20.7. The van der Waals surface area contributed by atoms with E-state index in [1.165, 1.54) is 12.0 Å². The van der Waals surface area contributed by atoms with Crippen LogP contribution in [0.5, 0.6) is 0 Å². The van der Waals surface area contributed by atoms with Gasteiger partial charge in [0.05, 0.1) is 26.2 Å². The molecule has 2 fully saturated rings. The van der Waals surface area contributed by atoms with Crippen molar-refractivity contribution < 1.29 is 48.1 Å². The molecule has 4 atom stereocenters. The molecule has 16 nitrogen and oxygen atoms in total. The van der Waals surface area contributed by atoms with E-state index in [-0.39, 0.29) is 56.5 Å². The first-order valence-electron chi connectivity index (χ1n) is 20.7. The molecule has 0 aromatic heterocycles. The predicted octanol–water partition coefficient (Wildman–Crippen LogP) is 4.44. The van der Waals surface area contributed by atoms with Crippen LogP contribution in [-0.2, 0) is 46.6 Å². The highest BCUT2D eigenvalue weighted by Crippen LogP contribution is 2.24. The zero-order valence-corrected chi connectivity index (χ0v) is 34.4. The summed E-state index contributed by atoms with van der Waals surface area (Å²) in [6, 6.07) is 15.5. The van der Waals surface area contributed by atoms with Gasteiger partial charge >= 0.3 is 18.2 Å². The molecule has 2 aromatic rings. The van der Waals surface area contributed by atoms with Crippen molar-refractivity contribution in [3.05, 3.63) is 71.8 Å². The number of carbonyl (C=O) groups is 6. The Morgan fingerprint density at radius 3 is 2.08 bits per heavy atom. The fraction of sp³-hybridized carbons (Fsp3) is 0.558. The lowest BCUT2D eigenvalue weighted by Gasteiger charge is -2.36. The van der Waals surface area contributed by atoms with Gasteiger partial charge < -0.3 is 39.8 Å². The first kappa shape index (κ1) is 46.2. The second-order valence-electron chi connectivity index (χ2n) is 15.0. The minimum absolute atomic E-state index is 0.00187. The first-order chi connectivity index (χ1) is 28.5. The van der Waals surface area contributed by atoms with Gasteiger partial charge in [-0.3, -0.25) is 24.5 Å². The molecular weight excluding hydrogens is 761 g/mol. The molecule has 16 heteroatoms. The van der Waals surface area contributed by atoms with Gasteiger partial charge in [0.2, 0.25) is 23.7 Å². The standard InChI is InChI=1S/C43H60N6O10/c1-4-14-33(15-5-2)38(52)45-35(25-37(51)57-3)40(54)49-23-13-21-36(49)39(53)44-34(27-50)24-32-20-12-22-48(26-32)41(46-42(55)58-28-30-16-8-6-9-17-30)47-43(56)59-29-31-18-10-7-11-19-31/h6-11,16-19,32-36,50H,4-5,12-15,20-29H2,1-3H3,(H,44,53)(H,45,52)(H,46,47,55,56)/t32?,34-,35-,36-/m0/s1. The number of aliphatic imine (C=N–C) groups is 1. The third kappa shape index (κ3) is 15.0. The number of benzene rings is 2. The molecule has 322 valence electrons. The van der Waals surface area contributed by atoms with Crippen LogP contribution in [-0.4, -0.2) is 108 Å². The number of hydrogen-bond acceptors (Lipinski definition) is 10. The van der Waals surface area contributed by atoms with Crippen LogP contribution < -0.4 is 16.0 Å². The van der Waals surface area contributed by atoms with Crippen LogP contribution in [0.3, 0.4) is 0 Å². The molecule has 2 aliphatic rings. The smallest absolute Gasteiger partial charge is 0.437 e. The van der Waals surface area contributed by atoms with Crippen LogP contribution in [0.25, 0.3) is 0 Å². The monoisotopic (exact) mass is 820 g/mol. The Morgan fingerprint density at radius 2 is 1.47 bits per heavy atom. The van der Waals surface area contributed by atoms with Gasteiger partial charge in [0.15, 0.2) is 0 Å². The molecule has 4 N–H and O–H groups in total. The highest BCUT2D eigenvalue weighted by atomic mass is 16.6. The maximum absolute atomic E-state index is 13.9. The number of alkyl carbamates (subject to hydrolysis) is 1. The number of aliphatic hydroxyl groups is 1. The van der Waals surface area contributed by atoms with Crippen LogP contribution >= 0.6 is 0 Å². The topological polar surface area (TPSA) is 205 Å². The van der Waals surface area contributed by atoms with Gasteiger partial charge in [-0.2, -0.15) is 0 Å². The quantitative estimate of drug-likeness (QED) is 0.0716. The Hall–Kier alpha value is -5.51. The maximum atomic E-state index is 13.9. The van der Waals surface area contributed by atoms with Gasteiger partial charge in [-0.15, -0.1) is 4.99 Å². The fourth-order valence-electron chi connectivity index (χ4n) is 7.54. The summed E-state index contributed by atoms with van der Waals surface area (Å²) in [4.78, 5) is 86.4. The van der Waals surface area contributed by atoms with Gasteiger partial charge in [0.1, 0.15) is 25.3 Å². The minimum atomic E-state index is -1.20. The zero-order valence-electron chi connectivity index (χ0n) is 34.4. The number of methoxy groups -OCH3 is 1. The Balaban J connectivity index is 1.41. The lowest BCUT2D eigenvalue weighted by Crippen LogP contribution is -2.56. The summed E-state index contributed by atoms with van der Waals surface area (Å²) >= 11 is 0. The van der Waals surface area contributed by atoms with Crippen molar-refractivity contribution in [2.24, 2.45) is 16.8 Å². The number of hydrogen-bond donors (Lipinski definition) is 4. The van der Waals surface area contributed by atoms with Gasteiger partial charge in [-0.25, -0.2) is 9.59 Å². The van der Waals surface area contributed by atoms with E-state index in [0.29, 0.717) is 51.6 Å². The Labute approximate surface area is 346 Å². The van der Waals surface area contributed by atoms with Crippen LogP contribution in [0.1, 0.15) is 89.2 Å². The third-order valence-electron chi connectivity index (χ3n) is 10.5. The van der Waals surface area contributed by atoms with Crippen LogP contribution in [0.4, 0.5) is 9.59 Å². The van der Waals surface area contributed by atoms with Crippen molar-refractivity contribution in [1.82, 2.24) is 25.8 Å². The molecule has 0 aliphatic carbocycles. The van der Waals surface area contributed by atoms with E-state index in [9.17, 15) is 33.9 Å². The van der Waals surface area contributed by atoms with Crippen molar-refractivity contribution in [1.29, 1.82) is 0 Å². The van der Waals surface area contributed by atoms with Crippen molar-refractivity contribution in [3.8, 4) is 0 Å². The maximum Gasteiger partial charge on any atom is 0.437 e. The van der Waals surface area contributed by atoms with Gasteiger partial charge in [0, 0.05) is 25.6 Å². The normalized spacial score (nSPS) is 17.7. The molecule has 0 saturated carbocycles. The van der Waals surface area contributed by atoms with Crippen LogP contribution in [0, 0.1) is 11.8 Å². The lowest BCUT2D eigenvalue weighted by atomic mass is 9.91. The minimum Gasteiger partial charge on any atom is -0.469 e. The Morgan fingerprint density at radius 1 is 0.847 bits per heavy atom. The zero-order chi connectivity index (χ0) is 42.6. The van der Waals surface area contributed by atoms with E-state index in [1.54, 1.807) is 4.90 Å². The summed E-state index contributed by atoms with van der Waals surface area (Å²) in [5.41, 5.74) is 1.54. The van der Waals surface area contributed by atoms with Gasteiger partial charge in [0.25, 0.3) is 0 Å². The molecule has 2 aliphatic heterocycles. The number of ether oxygens (including phenoxy) is 3. The molecule has 2 heterocycles. The van der Waals surface area contributed by atoms with E-state index < -0.39 is 48.1 Å². The summed E-state index contributed by atoms with van der Waals surface area (Å²) in [7, 11) is 1.21. The predicted molar refractivity (Wildman–Crippen MR) is 218 cm³/mol. The highest BCUT2D eigenvalue weighted by molar-refractivity contribution is 5.99. The van der Waals surface area contributed by atoms with Crippen LogP contribution in [0.2, 0.25) is 0 Å². The number of guanidine groups is 1. The molecule has 4 rings (SSSR count). The number of carbonyl (C=O) groups excluding carboxylic acids is 6. The molecule has 0 radical (unpaired) electrons. The average molecular weight is 821 g/mol. The third-order valence-corrected chi connectivity index (χ3v) is 10.5. The summed E-state index contributed by atoms with van der Waals surface area (Å²) in [6.45, 7) is 4.61. The average Bonchev–Trinajstić information content (AvgIpc) is 3.75. The summed E-state index contributed by atoms with van der Waals surface area (Å²) in [5.74, 6) is -2.42. The van der Waals surface area contributed by atoms with E-state index in [2.05, 4.69) is 20.9 Å². The van der Waals surface area contributed by atoms with Crippen molar-refractivity contribution in [3.63, 3.8) is 0 Å². The van der Waals surface area contributed by atoms with Gasteiger partial charge in [-0.05, 0) is 62.0 Å². The summed E-state index contributed by atoms with van der Waals surface area (Å²) < 4.78 is 15.6. The van der Waals surface area contributed by atoms with E-state index in [4.69, 9.17) is 14.2 Å². The molecule has 0 spiro atoms. The number of piperidine rings is 1. The number of likely N-dealkylation sites (tertiary alicyclic amines) is 2. The lowest BCUT2D eigenvalue weighted by molar-refractivity contribution is -0.147. The molecular formula is C43H60N6O10.